The highest BCUT2D eigenvalue weighted by Crippen LogP contribution is 2.24. The number of halogens is 1. The first-order valence-electron chi connectivity index (χ1n) is 7.71. The normalized spacial score (nSPS) is 21.5. The summed E-state index contributed by atoms with van der Waals surface area (Å²) in [4.78, 5) is 17.3. The molecule has 0 N–H and O–H groups in total. The Kier molecular flexibility index (Phi) is 4.75. The molecule has 0 unspecified atom stereocenters. The van der Waals surface area contributed by atoms with Crippen LogP contribution in [0.1, 0.15) is 32.1 Å². The Labute approximate surface area is 130 Å². The molecule has 3 rings (SSSR count). The van der Waals surface area contributed by atoms with Crippen molar-refractivity contribution in [3.05, 3.63) is 5.28 Å². The van der Waals surface area contributed by atoms with Crippen LogP contribution in [0.5, 0.6) is 6.01 Å². The minimum atomic E-state index is 0.190. The molecular weight excluding hydrogens is 290 g/mol. The predicted octanol–water partition coefficient (Wildman–Crippen LogP) is 1.99. The Morgan fingerprint density at radius 2 is 1.71 bits per heavy atom. The van der Waals surface area contributed by atoms with Crippen molar-refractivity contribution in [1.82, 2.24) is 19.9 Å². The first-order valence-corrected chi connectivity index (χ1v) is 8.08. The summed E-state index contributed by atoms with van der Waals surface area (Å²) in [6.07, 6.45) is 6.40. The Morgan fingerprint density at radius 1 is 1.00 bits per heavy atom. The van der Waals surface area contributed by atoms with E-state index in [9.17, 15) is 0 Å². The summed E-state index contributed by atoms with van der Waals surface area (Å²) < 4.78 is 5.06. The molecule has 0 spiro atoms. The molecule has 116 valence electrons. The molecule has 0 radical (unpaired) electrons. The predicted molar refractivity (Wildman–Crippen MR) is 82.0 cm³/mol. The highest BCUT2D eigenvalue weighted by atomic mass is 35.5. The van der Waals surface area contributed by atoms with Crippen molar-refractivity contribution in [2.75, 3.05) is 38.2 Å². The van der Waals surface area contributed by atoms with E-state index in [1.807, 2.05) is 0 Å². The monoisotopic (exact) mass is 311 g/mol. The number of nitrogens with zero attached hydrogens (tertiary/aromatic N) is 5. The first-order chi connectivity index (χ1) is 10.3. The third-order valence-electron chi connectivity index (χ3n) is 4.41. The van der Waals surface area contributed by atoms with E-state index in [-0.39, 0.29) is 11.3 Å². The van der Waals surface area contributed by atoms with Crippen molar-refractivity contribution < 1.29 is 4.74 Å². The van der Waals surface area contributed by atoms with Gasteiger partial charge in [-0.25, -0.2) is 0 Å². The van der Waals surface area contributed by atoms with Crippen molar-refractivity contribution in [3.63, 3.8) is 0 Å². The summed E-state index contributed by atoms with van der Waals surface area (Å²) in [7, 11) is 1.54. The first kappa shape index (κ1) is 14.8. The summed E-state index contributed by atoms with van der Waals surface area (Å²) in [6.45, 7) is 4.45. The zero-order valence-electron chi connectivity index (χ0n) is 12.5. The molecule has 2 aliphatic rings. The zero-order chi connectivity index (χ0) is 14.7. The Hall–Kier alpha value is -1.14. The van der Waals surface area contributed by atoms with Gasteiger partial charge in [-0.2, -0.15) is 15.0 Å². The van der Waals surface area contributed by atoms with Gasteiger partial charge in [0.25, 0.3) is 0 Å². The average molecular weight is 312 g/mol. The highest BCUT2D eigenvalue weighted by molar-refractivity contribution is 6.28. The van der Waals surface area contributed by atoms with Crippen LogP contribution >= 0.6 is 11.6 Å². The van der Waals surface area contributed by atoms with E-state index >= 15 is 0 Å². The van der Waals surface area contributed by atoms with Crippen LogP contribution < -0.4 is 9.64 Å². The number of ether oxygens (including phenoxy) is 1. The van der Waals surface area contributed by atoms with E-state index in [2.05, 4.69) is 24.8 Å². The summed E-state index contributed by atoms with van der Waals surface area (Å²) in [5.41, 5.74) is 0. The maximum absolute atomic E-state index is 5.92. The molecule has 0 saturated carbocycles. The lowest BCUT2D eigenvalue weighted by molar-refractivity contribution is 0.141. The minimum absolute atomic E-state index is 0.190. The van der Waals surface area contributed by atoms with Crippen molar-refractivity contribution in [3.8, 4) is 6.01 Å². The molecule has 2 fully saturated rings. The van der Waals surface area contributed by atoms with Crippen LogP contribution in [-0.2, 0) is 0 Å². The molecule has 2 aliphatic heterocycles. The number of piperidine rings is 2. The van der Waals surface area contributed by atoms with Gasteiger partial charge in [0, 0.05) is 19.1 Å². The molecule has 0 atom stereocenters. The van der Waals surface area contributed by atoms with Gasteiger partial charge in [-0.1, -0.05) is 6.42 Å². The van der Waals surface area contributed by atoms with Crippen LogP contribution in [0, 0.1) is 0 Å². The second-order valence-corrected chi connectivity index (χ2v) is 6.04. The molecule has 2 saturated heterocycles. The molecule has 1 aromatic heterocycles. The third kappa shape index (κ3) is 3.55. The molecule has 0 aliphatic carbocycles. The zero-order valence-corrected chi connectivity index (χ0v) is 13.2. The van der Waals surface area contributed by atoms with E-state index in [1.54, 1.807) is 0 Å². The second kappa shape index (κ2) is 6.75. The van der Waals surface area contributed by atoms with Crippen LogP contribution in [0.15, 0.2) is 0 Å². The topological polar surface area (TPSA) is 54.4 Å². The van der Waals surface area contributed by atoms with Gasteiger partial charge in [0.15, 0.2) is 0 Å². The van der Waals surface area contributed by atoms with Crippen LogP contribution in [0.25, 0.3) is 0 Å². The number of likely N-dealkylation sites (tertiary alicyclic amines) is 1. The lowest BCUT2D eigenvalue weighted by Gasteiger charge is -2.40. The van der Waals surface area contributed by atoms with Crippen molar-refractivity contribution in [2.24, 2.45) is 0 Å². The average Bonchev–Trinajstić information content (AvgIpc) is 2.55. The maximum atomic E-state index is 5.92. The smallest absolute Gasteiger partial charge is 0.322 e. The molecule has 21 heavy (non-hydrogen) atoms. The van der Waals surface area contributed by atoms with Gasteiger partial charge in [0.2, 0.25) is 11.2 Å². The van der Waals surface area contributed by atoms with E-state index in [0.717, 1.165) is 25.9 Å². The Morgan fingerprint density at radius 3 is 2.38 bits per heavy atom. The van der Waals surface area contributed by atoms with E-state index in [0.29, 0.717) is 12.0 Å². The standard InChI is InChI=1S/C14H22ClN5O/c1-21-14-17-12(15)16-13(18-14)20-9-5-11(6-10-20)19-7-3-2-4-8-19/h11H,2-10H2,1H3. The summed E-state index contributed by atoms with van der Waals surface area (Å²) >= 11 is 5.92. The van der Waals surface area contributed by atoms with Gasteiger partial charge in [-0.3, -0.25) is 0 Å². The number of hydrogen-bond acceptors (Lipinski definition) is 6. The van der Waals surface area contributed by atoms with Gasteiger partial charge < -0.3 is 14.5 Å². The molecule has 1 aromatic rings. The largest absolute Gasteiger partial charge is 0.467 e. The molecular formula is C14H22ClN5O. The Balaban J connectivity index is 1.61. The number of hydrogen-bond donors (Lipinski definition) is 0. The van der Waals surface area contributed by atoms with Gasteiger partial charge in [-0.15, -0.1) is 0 Å². The maximum Gasteiger partial charge on any atom is 0.322 e. The van der Waals surface area contributed by atoms with Crippen LogP contribution in [0.3, 0.4) is 0 Å². The molecule has 6 nitrogen and oxygen atoms in total. The summed E-state index contributed by atoms with van der Waals surface area (Å²) in [5, 5.41) is 0.190. The van der Waals surface area contributed by atoms with Gasteiger partial charge >= 0.3 is 6.01 Å². The number of rotatable bonds is 3. The fourth-order valence-corrected chi connectivity index (χ4v) is 3.42. The molecule has 0 amide bonds. The highest BCUT2D eigenvalue weighted by Gasteiger charge is 2.27. The number of aromatic nitrogens is 3. The quantitative estimate of drug-likeness (QED) is 0.851. The summed E-state index contributed by atoms with van der Waals surface area (Å²) in [5.74, 6) is 0.629. The van der Waals surface area contributed by atoms with Crippen molar-refractivity contribution in [1.29, 1.82) is 0 Å². The van der Waals surface area contributed by atoms with Crippen molar-refractivity contribution in [2.45, 2.75) is 38.1 Å². The Bertz CT molecular complexity index is 472. The van der Waals surface area contributed by atoms with Gasteiger partial charge in [0.05, 0.1) is 7.11 Å². The fraction of sp³-hybridized carbons (Fsp3) is 0.786. The van der Waals surface area contributed by atoms with Gasteiger partial charge in [-0.05, 0) is 50.4 Å². The number of methoxy groups -OCH3 is 1. The van der Waals surface area contributed by atoms with E-state index < -0.39 is 0 Å². The molecule has 0 bridgehead atoms. The molecule has 7 heteroatoms. The van der Waals surface area contributed by atoms with E-state index in [4.69, 9.17) is 16.3 Å². The van der Waals surface area contributed by atoms with Crippen LogP contribution in [0.4, 0.5) is 5.95 Å². The van der Waals surface area contributed by atoms with Crippen molar-refractivity contribution >= 4 is 17.5 Å². The second-order valence-electron chi connectivity index (χ2n) is 5.71. The van der Waals surface area contributed by atoms with E-state index in [1.165, 1.54) is 39.5 Å². The minimum Gasteiger partial charge on any atom is -0.467 e. The number of anilines is 1. The lowest BCUT2D eigenvalue weighted by Crippen LogP contribution is -2.47. The third-order valence-corrected chi connectivity index (χ3v) is 4.58. The SMILES string of the molecule is COc1nc(Cl)nc(N2CCC(N3CCCCC3)CC2)n1. The molecule has 0 aromatic carbocycles. The molecule has 3 heterocycles. The summed E-state index contributed by atoms with van der Waals surface area (Å²) in [6, 6.07) is 0.990. The fourth-order valence-electron chi connectivity index (χ4n) is 3.27. The van der Waals surface area contributed by atoms with Crippen LogP contribution in [-0.4, -0.2) is 59.2 Å². The lowest BCUT2D eigenvalue weighted by atomic mass is 10.0. The van der Waals surface area contributed by atoms with Gasteiger partial charge in [0.1, 0.15) is 0 Å². The van der Waals surface area contributed by atoms with Crippen LogP contribution in [0.2, 0.25) is 5.28 Å².